The van der Waals surface area contributed by atoms with E-state index in [9.17, 15) is 0 Å². The van der Waals surface area contributed by atoms with E-state index in [1.807, 2.05) is 19.1 Å². The molecule has 0 aliphatic heterocycles. The maximum Gasteiger partial charge on any atom is 0.214 e. The Hall–Kier alpha value is -1.93. The molecular weight excluding hydrogens is 443 g/mol. The van der Waals surface area contributed by atoms with E-state index in [2.05, 4.69) is 15.6 Å². The Kier molecular flexibility index (Phi) is 6.72. The summed E-state index contributed by atoms with van der Waals surface area (Å²) in [7, 11) is 1.56. The first-order valence-electron chi connectivity index (χ1n) is 8.20. The Morgan fingerprint density at radius 2 is 1.86 bits per heavy atom. The lowest BCUT2D eigenvalue weighted by Gasteiger charge is -2.15. The van der Waals surface area contributed by atoms with Crippen LogP contribution in [0.15, 0.2) is 30.3 Å². The fourth-order valence-corrected chi connectivity index (χ4v) is 3.38. The van der Waals surface area contributed by atoms with Gasteiger partial charge in [0.15, 0.2) is 11.5 Å². The minimum Gasteiger partial charge on any atom is -0.493 e. The number of nitrogens with one attached hydrogen (secondary N) is 2. The molecular formula is C18H17Cl3N4O2S. The second-order valence-electron chi connectivity index (χ2n) is 5.89. The summed E-state index contributed by atoms with van der Waals surface area (Å²) in [5.74, 6) is 1.71. The number of hydrogen-bond donors (Lipinski definition) is 2. The second-order valence-corrected chi connectivity index (χ2v) is 7.50. The number of H-pyrrole nitrogens is 1. The molecule has 0 aliphatic carbocycles. The van der Waals surface area contributed by atoms with Gasteiger partial charge in [-0.15, -0.1) is 0 Å². The van der Waals surface area contributed by atoms with Crippen LogP contribution in [0, 0.1) is 11.7 Å². The van der Waals surface area contributed by atoms with Crippen LogP contribution in [0.25, 0.3) is 0 Å². The highest BCUT2D eigenvalue weighted by atomic mass is 35.5. The van der Waals surface area contributed by atoms with Gasteiger partial charge in [-0.1, -0.05) is 40.9 Å². The first-order valence-corrected chi connectivity index (χ1v) is 9.74. The molecule has 2 aromatic carbocycles. The van der Waals surface area contributed by atoms with E-state index in [0.717, 1.165) is 17.0 Å². The van der Waals surface area contributed by atoms with E-state index in [1.165, 1.54) is 0 Å². The highest BCUT2D eigenvalue weighted by Gasteiger charge is 2.13. The highest BCUT2D eigenvalue weighted by Crippen LogP contribution is 2.37. The van der Waals surface area contributed by atoms with Crippen molar-refractivity contribution in [1.82, 2.24) is 14.9 Å². The molecule has 1 aromatic heterocycles. The molecule has 0 fully saturated rings. The van der Waals surface area contributed by atoms with E-state index in [1.54, 1.807) is 30.0 Å². The van der Waals surface area contributed by atoms with Gasteiger partial charge in [-0.2, -0.15) is 5.10 Å². The van der Waals surface area contributed by atoms with E-state index < -0.39 is 0 Å². The van der Waals surface area contributed by atoms with Crippen LogP contribution in [0.5, 0.6) is 11.5 Å². The molecule has 148 valence electrons. The van der Waals surface area contributed by atoms with Gasteiger partial charge in [-0.25, -0.2) is 4.68 Å². The van der Waals surface area contributed by atoms with Gasteiger partial charge in [0.25, 0.3) is 0 Å². The number of aromatic amines is 1. The van der Waals surface area contributed by atoms with E-state index in [0.29, 0.717) is 37.9 Å². The molecule has 0 atom stereocenters. The summed E-state index contributed by atoms with van der Waals surface area (Å²) < 4.78 is 13.5. The predicted octanol–water partition coefficient (Wildman–Crippen LogP) is 5.54. The van der Waals surface area contributed by atoms with Gasteiger partial charge < -0.3 is 14.9 Å². The molecule has 0 bridgehead atoms. The van der Waals surface area contributed by atoms with Gasteiger partial charge in [0.05, 0.1) is 28.7 Å². The lowest BCUT2D eigenvalue weighted by molar-refractivity contribution is 0.284. The number of methoxy groups -OCH3 is 1. The van der Waals surface area contributed by atoms with Gasteiger partial charge in [0.1, 0.15) is 12.4 Å². The first-order chi connectivity index (χ1) is 13.4. The van der Waals surface area contributed by atoms with Crippen molar-refractivity contribution >= 4 is 47.0 Å². The van der Waals surface area contributed by atoms with Crippen LogP contribution in [-0.4, -0.2) is 22.0 Å². The van der Waals surface area contributed by atoms with Crippen molar-refractivity contribution in [3.8, 4) is 11.5 Å². The summed E-state index contributed by atoms with van der Waals surface area (Å²) in [5, 5.41) is 8.17. The summed E-state index contributed by atoms with van der Waals surface area (Å²) >= 11 is 23.6. The predicted molar refractivity (Wildman–Crippen MR) is 114 cm³/mol. The van der Waals surface area contributed by atoms with E-state index in [-0.39, 0.29) is 6.61 Å². The monoisotopic (exact) mass is 458 g/mol. The van der Waals surface area contributed by atoms with Gasteiger partial charge in [-0.3, -0.25) is 5.10 Å². The van der Waals surface area contributed by atoms with Crippen LogP contribution < -0.4 is 14.9 Å². The number of hydrogen-bond acceptors (Lipinski definition) is 5. The summed E-state index contributed by atoms with van der Waals surface area (Å²) in [6.07, 6.45) is 0. The van der Waals surface area contributed by atoms with Crippen molar-refractivity contribution in [2.24, 2.45) is 0 Å². The maximum atomic E-state index is 6.43. The third-order valence-electron chi connectivity index (χ3n) is 3.94. The average molecular weight is 460 g/mol. The van der Waals surface area contributed by atoms with Crippen molar-refractivity contribution in [3.05, 3.63) is 67.1 Å². The van der Waals surface area contributed by atoms with Gasteiger partial charge in [0, 0.05) is 0 Å². The average Bonchev–Trinajstić information content (AvgIpc) is 2.99. The summed E-state index contributed by atoms with van der Waals surface area (Å²) in [6.45, 7) is 2.58. The van der Waals surface area contributed by atoms with Gasteiger partial charge in [-0.05, 0) is 54.5 Å². The molecule has 10 heteroatoms. The van der Waals surface area contributed by atoms with Crippen LogP contribution >= 0.6 is 47.0 Å². The van der Waals surface area contributed by atoms with Crippen molar-refractivity contribution in [1.29, 1.82) is 0 Å². The SMILES string of the molecule is COc1cc(CNn2c(C)n[nH]c2=S)cc(Cl)c1OCc1ccc(Cl)c(Cl)c1. The molecule has 0 unspecified atom stereocenters. The molecule has 2 N–H and O–H groups in total. The van der Waals surface area contributed by atoms with Crippen LogP contribution in [0.3, 0.4) is 0 Å². The Morgan fingerprint density at radius 3 is 2.50 bits per heavy atom. The molecule has 0 spiro atoms. The lowest BCUT2D eigenvalue weighted by atomic mass is 10.2. The minimum atomic E-state index is 0.272. The number of benzene rings is 2. The van der Waals surface area contributed by atoms with Crippen LogP contribution in [-0.2, 0) is 13.2 Å². The summed E-state index contributed by atoms with van der Waals surface area (Å²) in [4.78, 5) is 0. The summed E-state index contributed by atoms with van der Waals surface area (Å²) in [6, 6.07) is 8.96. The van der Waals surface area contributed by atoms with E-state index in [4.69, 9.17) is 56.5 Å². The van der Waals surface area contributed by atoms with Crippen molar-refractivity contribution in [2.45, 2.75) is 20.1 Å². The Bertz CT molecular complexity index is 1050. The van der Waals surface area contributed by atoms with Crippen LogP contribution in [0.1, 0.15) is 17.0 Å². The Labute approximate surface area is 182 Å². The Balaban J connectivity index is 1.75. The largest absolute Gasteiger partial charge is 0.493 e. The second kappa shape index (κ2) is 9.05. The topological polar surface area (TPSA) is 64.1 Å². The van der Waals surface area contributed by atoms with Gasteiger partial charge >= 0.3 is 0 Å². The van der Waals surface area contributed by atoms with Crippen molar-refractivity contribution in [3.63, 3.8) is 0 Å². The molecule has 0 amide bonds. The van der Waals surface area contributed by atoms with Crippen LogP contribution in [0.4, 0.5) is 0 Å². The zero-order valence-corrected chi connectivity index (χ0v) is 18.1. The number of aromatic nitrogens is 3. The highest BCUT2D eigenvalue weighted by molar-refractivity contribution is 7.71. The minimum absolute atomic E-state index is 0.272. The van der Waals surface area contributed by atoms with Crippen molar-refractivity contribution in [2.75, 3.05) is 12.5 Å². The quantitative estimate of drug-likeness (QED) is 0.454. The zero-order chi connectivity index (χ0) is 20.3. The molecule has 3 aromatic rings. The number of rotatable bonds is 7. The molecule has 3 rings (SSSR count). The number of ether oxygens (including phenoxy) is 2. The van der Waals surface area contributed by atoms with E-state index >= 15 is 0 Å². The molecule has 0 saturated heterocycles. The number of nitrogens with zero attached hydrogens (tertiary/aromatic N) is 2. The third-order valence-corrected chi connectivity index (χ3v) is 5.23. The molecule has 6 nitrogen and oxygen atoms in total. The smallest absolute Gasteiger partial charge is 0.214 e. The zero-order valence-electron chi connectivity index (χ0n) is 15.1. The van der Waals surface area contributed by atoms with Crippen LogP contribution in [0.2, 0.25) is 15.1 Å². The standard InChI is InChI=1S/C18H17Cl3N4O2S/c1-10-23-24-18(28)25(10)22-8-12-6-15(21)17(16(7-12)26-2)27-9-11-3-4-13(19)14(20)5-11/h3-7,22H,8-9H2,1-2H3,(H,24,28). The molecule has 28 heavy (non-hydrogen) atoms. The first kappa shape index (κ1) is 20.8. The molecule has 0 aliphatic rings. The summed E-state index contributed by atoms with van der Waals surface area (Å²) in [5.41, 5.74) is 4.94. The fourth-order valence-electron chi connectivity index (χ4n) is 2.53. The Morgan fingerprint density at radius 1 is 1.11 bits per heavy atom. The maximum absolute atomic E-state index is 6.43. The molecule has 0 saturated carbocycles. The lowest BCUT2D eigenvalue weighted by Crippen LogP contribution is -2.16. The normalized spacial score (nSPS) is 10.8. The molecule has 0 radical (unpaired) electrons. The molecule has 1 heterocycles. The number of halogens is 3. The number of aryl methyl sites for hydroxylation is 1. The fraction of sp³-hybridized carbons (Fsp3) is 0.222. The van der Waals surface area contributed by atoms with Crippen molar-refractivity contribution < 1.29 is 9.47 Å². The third kappa shape index (κ3) is 4.72. The van der Waals surface area contributed by atoms with Gasteiger partial charge in [0.2, 0.25) is 4.77 Å².